The predicted molar refractivity (Wildman–Crippen MR) is 133 cm³/mol. The summed E-state index contributed by atoms with van der Waals surface area (Å²) in [6.45, 7) is 5.83. The molecule has 2 aliphatic heterocycles. The molecule has 2 fully saturated rings. The number of morpholine rings is 1. The van der Waals surface area contributed by atoms with E-state index >= 15 is 0 Å². The Bertz CT molecular complexity index is 1300. The van der Waals surface area contributed by atoms with Crippen molar-refractivity contribution >= 4 is 23.6 Å². The average molecular weight is 566 g/mol. The predicted octanol–water partition coefficient (Wildman–Crippen LogP) is 1.75. The van der Waals surface area contributed by atoms with Crippen LogP contribution in [-0.4, -0.2) is 87.1 Å². The quantitative estimate of drug-likeness (QED) is 0.290. The number of hydrogen-bond acceptors (Lipinski definition) is 9. The Kier molecular flexibility index (Phi) is 7.99. The molecule has 0 aliphatic carbocycles. The van der Waals surface area contributed by atoms with Gasteiger partial charge in [-0.1, -0.05) is 45.0 Å². The second kappa shape index (κ2) is 11.0. The summed E-state index contributed by atoms with van der Waals surface area (Å²) in [7, 11) is 0. The summed E-state index contributed by atoms with van der Waals surface area (Å²) in [6, 6.07) is 4.19. The van der Waals surface area contributed by atoms with Crippen LogP contribution in [0, 0.1) is 16.7 Å². The minimum absolute atomic E-state index is 0.130. The second-order valence-electron chi connectivity index (χ2n) is 10.6. The first kappa shape index (κ1) is 29.1. The van der Waals surface area contributed by atoms with E-state index in [9.17, 15) is 27.6 Å². The first-order chi connectivity index (χ1) is 18.7. The molecule has 15 heteroatoms. The number of β-lactam (4-membered cyclic amide) rings is 1. The van der Waals surface area contributed by atoms with Gasteiger partial charge in [0.05, 0.1) is 19.8 Å². The number of aromatic nitrogens is 3. The third-order valence-electron chi connectivity index (χ3n) is 6.51. The number of nitrogens with one attached hydrogen (secondary N) is 1. The highest BCUT2D eigenvalue weighted by atomic mass is 19.4. The van der Waals surface area contributed by atoms with E-state index in [1.165, 1.54) is 0 Å². The van der Waals surface area contributed by atoms with Gasteiger partial charge in [-0.3, -0.25) is 29.6 Å². The molecule has 216 valence electrons. The fourth-order valence-corrected chi connectivity index (χ4v) is 4.29. The lowest BCUT2D eigenvalue weighted by Gasteiger charge is -2.45. The lowest BCUT2D eigenvalue weighted by molar-refractivity contribution is -0.228. The number of hydrogen-bond donors (Lipinski definition) is 2. The molecule has 12 nitrogen and oxygen atoms in total. The van der Waals surface area contributed by atoms with Gasteiger partial charge in [-0.2, -0.15) is 18.2 Å². The normalized spacial score (nSPS) is 20.2. The fourth-order valence-electron chi connectivity index (χ4n) is 4.29. The molecule has 2 aromatic rings. The highest BCUT2D eigenvalue weighted by Crippen LogP contribution is 2.48. The number of rotatable bonds is 7. The van der Waals surface area contributed by atoms with Crippen LogP contribution in [0.15, 0.2) is 24.3 Å². The van der Waals surface area contributed by atoms with E-state index in [1.807, 2.05) is 0 Å². The number of halogens is 3. The van der Waals surface area contributed by atoms with Crippen molar-refractivity contribution in [2.24, 2.45) is 17.1 Å². The zero-order chi connectivity index (χ0) is 29.4. The van der Waals surface area contributed by atoms with Crippen LogP contribution in [0.2, 0.25) is 0 Å². The summed E-state index contributed by atoms with van der Waals surface area (Å²) >= 11 is 0. The molecule has 2 aliphatic rings. The van der Waals surface area contributed by atoms with E-state index in [4.69, 9.17) is 20.6 Å². The summed E-state index contributed by atoms with van der Waals surface area (Å²) in [6.07, 6.45) is -4.98. The SMILES string of the molecule is CC(C)(C)C(=O)n1nc(C2C(C(F)(F)F)C(=O)N2C(=O)CN2CCOCC2)nc1OCc1ccc(C(=N)N)cc1. The smallest absolute Gasteiger partial charge is 0.403 e. The summed E-state index contributed by atoms with van der Waals surface area (Å²) in [5.41, 5.74) is 5.52. The molecule has 1 aromatic heterocycles. The Morgan fingerprint density at radius 3 is 2.33 bits per heavy atom. The number of alkyl halides is 3. The lowest BCUT2D eigenvalue weighted by Crippen LogP contribution is -2.64. The standard InChI is InChI=1S/C25H30F3N7O5/c1-24(2,3)22(38)35-23(40-13-14-4-6-15(7-5-14)19(29)30)31-20(32-35)18-17(25(26,27)28)21(37)34(18)16(36)12-33-8-10-39-11-9-33/h4-7,17-18H,8-13H2,1-3H3,(H3,29,30). The maximum absolute atomic E-state index is 13.9. The number of carbonyl (C=O) groups is 3. The first-order valence-corrected chi connectivity index (χ1v) is 12.5. The number of nitrogen functional groups attached to an aromatic ring is 1. The maximum Gasteiger partial charge on any atom is 0.403 e. The van der Waals surface area contributed by atoms with Gasteiger partial charge in [0.1, 0.15) is 18.5 Å². The monoisotopic (exact) mass is 565 g/mol. The molecule has 2 unspecified atom stereocenters. The Morgan fingerprint density at radius 2 is 1.77 bits per heavy atom. The van der Waals surface area contributed by atoms with Crippen molar-refractivity contribution in [2.75, 3.05) is 32.8 Å². The first-order valence-electron chi connectivity index (χ1n) is 12.5. The van der Waals surface area contributed by atoms with Gasteiger partial charge >= 0.3 is 12.2 Å². The highest BCUT2D eigenvalue weighted by molar-refractivity contribution is 6.03. The third kappa shape index (κ3) is 5.99. The minimum Gasteiger partial charge on any atom is -0.458 e. The molecule has 1 aromatic carbocycles. The van der Waals surface area contributed by atoms with Crippen molar-refractivity contribution in [1.82, 2.24) is 24.6 Å². The molecule has 3 N–H and O–H groups in total. The Balaban J connectivity index is 1.65. The number of likely N-dealkylation sites (tertiary alicyclic amines) is 1. The Labute approximate surface area is 227 Å². The van der Waals surface area contributed by atoms with Crippen molar-refractivity contribution in [3.05, 3.63) is 41.2 Å². The number of amidine groups is 1. The van der Waals surface area contributed by atoms with Gasteiger partial charge in [0.2, 0.25) is 11.8 Å². The molecule has 4 rings (SSSR count). The van der Waals surface area contributed by atoms with Crippen LogP contribution in [-0.2, 0) is 20.9 Å². The summed E-state index contributed by atoms with van der Waals surface area (Å²) in [5.74, 6) is -6.06. The van der Waals surface area contributed by atoms with Crippen molar-refractivity contribution in [2.45, 2.75) is 39.6 Å². The van der Waals surface area contributed by atoms with E-state index in [2.05, 4.69) is 10.1 Å². The Morgan fingerprint density at radius 1 is 1.15 bits per heavy atom. The van der Waals surface area contributed by atoms with Gasteiger partial charge in [-0.25, -0.2) is 0 Å². The number of benzene rings is 1. The molecule has 3 heterocycles. The van der Waals surface area contributed by atoms with Crippen molar-refractivity contribution in [3.63, 3.8) is 0 Å². The van der Waals surface area contributed by atoms with Gasteiger partial charge in [-0.05, 0) is 5.56 Å². The van der Waals surface area contributed by atoms with Crippen LogP contribution in [0.3, 0.4) is 0 Å². The number of imide groups is 1. The van der Waals surface area contributed by atoms with Crippen LogP contribution < -0.4 is 10.5 Å². The van der Waals surface area contributed by atoms with E-state index in [-0.39, 0.29) is 25.0 Å². The third-order valence-corrected chi connectivity index (χ3v) is 6.51. The van der Waals surface area contributed by atoms with Gasteiger partial charge in [0, 0.05) is 24.1 Å². The minimum atomic E-state index is -4.98. The van der Waals surface area contributed by atoms with Crippen LogP contribution in [0.1, 0.15) is 48.6 Å². The van der Waals surface area contributed by atoms with E-state index in [0.717, 1.165) is 4.68 Å². The van der Waals surface area contributed by atoms with Gasteiger partial charge in [-0.15, -0.1) is 9.78 Å². The van der Waals surface area contributed by atoms with Crippen LogP contribution >= 0.6 is 0 Å². The second-order valence-corrected chi connectivity index (χ2v) is 10.6. The molecule has 2 saturated heterocycles. The van der Waals surface area contributed by atoms with E-state index in [0.29, 0.717) is 42.3 Å². The van der Waals surface area contributed by atoms with Crippen molar-refractivity contribution in [3.8, 4) is 6.01 Å². The molecular formula is C25H30F3N7O5. The highest BCUT2D eigenvalue weighted by Gasteiger charge is 2.65. The average Bonchev–Trinajstić information content (AvgIpc) is 3.28. The summed E-state index contributed by atoms with van der Waals surface area (Å²) < 4.78 is 53.5. The molecule has 2 atom stereocenters. The fraction of sp³-hybridized carbons (Fsp3) is 0.520. The van der Waals surface area contributed by atoms with Gasteiger partial charge in [0.15, 0.2) is 11.7 Å². The maximum atomic E-state index is 13.9. The molecule has 0 radical (unpaired) electrons. The molecular weight excluding hydrogens is 535 g/mol. The molecule has 0 spiro atoms. The van der Waals surface area contributed by atoms with Crippen LogP contribution in [0.4, 0.5) is 13.2 Å². The van der Waals surface area contributed by atoms with Crippen molar-refractivity contribution < 1.29 is 37.0 Å². The van der Waals surface area contributed by atoms with E-state index in [1.54, 1.807) is 49.9 Å². The summed E-state index contributed by atoms with van der Waals surface area (Å²) in [4.78, 5) is 45.0. The number of nitrogens with zero attached hydrogens (tertiary/aromatic N) is 5. The van der Waals surface area contributed by atoms with Gasteiger partial charge < -0.3 is 15.2 Å². The lowest BCUT2D eigenvalue weighted by atomic mass is 9.85. The summed E-state index contributed by atoms with van der Waals surface area (Å²) in [5, 5.41) is 11.5. The number of ether oxygens (including phenoxy) is 2. The zero-order valence-electron chi connectivity index (χ0n) is 22.2. The van der Waals surface area contributed by atoms with E-state index < -0.39 is 47.1 Å². The largest absolute Gasteiger partial charge is 0.458 e. The molecule has 2 amide bonds. The Hall–Kier alpha value is -3.85. The number of amides is 2. The zero-order valence-corrected chi connectivity index (χ0v) is 22.2. The molecule has 0 saturated carbocycles. The molecule has 40 heavy (non-hydrogen) atoms. The van der Waals surface area contributed by atoms with Crippen LogP contribution in [0.5, 0.6) is 6.01 Å². The molecule has 0 bridgehead atoms. The van der Waals surface area contributed by atoms with Crippen molar-refractivity contribution in [1.29, 1.82) is 5.41 Å². The number of carbonyl (C=O) groups excluding carboxylic acids is 3. The van der Waals surface area contributed by atoms with Crippen LogP contribution in [0.25, 0.3) is 0 Å². The van der Waals surface area contributed by atoms with Gasteiger partial charge in [0.25, 0.3) is 5.91 Å². The topological polar surface area (TPSA) is 157 Å². The number of nitrogens with two attached hydrogens (primary N) is 1.